The van der Waals surface area contributed by atoms with Gasteiger partial charge in [-0.05, 0) is 18.4 Å². The maximum atomic E-state index is 11.1. The fourth-order valence-electron chi connectivity index (χ4n) is 2.04. The molecule has 17 heavy (non-hydrogen) atoms. The van der Waals surface area contributed by atoms with Gasteiger partial charge in [-0.3, -0.25) is 0 Å². The average Bonchev–Trinajstić information content (AvgIpc) is 2.70. The van der Waals surface area contributed by atoms with Crippen molar-refractivity contribution in [1.82, 2.24) is 0 Å². The van der Waals surface area contributed by atoms with Crippen molar-refractivity contribution in [1.29, 1.82) is 0 Å². The van der Waals surface area contributed by atoms with Crippen LogP contribution in [0.2, 0.25) is 0 Å². The van der Waals surface area contributed by atoms with E-state index in [1.165, 1.54) is 5.56 Å². The second-order valence-corrected chi connectivity index (χ2v) is 5.90. The Kier molecular flexibility index (Phi) is 3.61. The Bertz CT molecular complexity index is 406. The number of ether oxygens (including phenoxy) is 2. The minimum absolute atomic E-state index is 0.175. The molecule has 1 aliphatic rings. The van der Waals surface area contributed by atoms with Crippen molar-refractivity contribution in [3.63, 3.8) is 0 Å². The summed E-state index contributed by atoms with van der Waals surface area (Å²) in [7, 11) is 0. The normalized spacial score (nSPS) is 27.1. The summed E-state index contributed by atoms with van der Waals surface area (Å²) in [5.74, 6) is 0.302. The Hall–Kier alpha value is -0.780. The van der Waals surface area contributed by atoms with Crippen LogP contribution in [0.1, 0.15) is 25.3 Å². The largest absolute Gasteiger partial charge is 0.509 e. The highest BCUT2D eigenvalue weighted by molar-refractivity contribution is 14.1. The van der Waals surface area contributed by atoms with E-state index in [-0.39, 0.29) is 3.92 Å². The molecule has 1 aliphatic heterocycles. The van der Waals surface area contributed by atoms with Crippen LogP contribution < -0.4 is 0 Å². The van der Waals surface area contributed by atoms with Gasteiger partial charge in [0.05, 0.1) is 3.92 Å². The van der Waals surface area contributed by atoms with Crippen LogP contribution in [0, 0.1) is 0 Å². The molecule has 3 nitrogen and oxygen atoms in total. The van der Waals surface area contributed by atoms with E-state index in [4.69, 9.17) is 9.47 Å². The third-order valence-corrected chi connectivity index (χ3v) is 5.54. The number of rotatable bonds is 3. The molecule has 2 rings (SSSR count). The second-order valence-electron chi connectivity index (χ2n) is 4.55. The predicted molar refractivity (Wildman–Crippen MR) is 73.5 cm³/mol. The zero-order valence-electron chi connectivity index (χ0n) is 9.85. The number of hydrogen-bond donors (Lipinski definition) is 0. The Morgan fingerprint density at radius 2 is 2.00 bits per heavy atom. The van der Waals surface area contributed by atoms with Crippen molar-refractivity contribution < 1.29 is 14.3 Å². The molecule has 1 aromatic rings. The summed E-state index contributed by atoms with van der Waals surface area (Å²) in [6, 6.07) is 10.2. The van der Waals surface area contributed by atoms with Crippen molar-refractivity contribution in [2.75, 3.05) is 6.61 Å². The van der Waals surface area contributed by atoms with Crippen molar-refractivity contribution >= 4 is 28.7 Å². The lowest BCUT2D eigenvalue weighted by Crippen LogP contribution is -2.40. The van der Waals surface area contributed by atoms with Gasteiger partial charge in [-0.1, -0.05) is 59.8 Å². The topological polar surface area (TPSA) is 35.5 Å². The lowest BCUT2D eigenvalue weighted by Gasteiger charge is -2.30. The van der Waals surface area contributed by atoms with Gasteiger partial charge in [-0.2, -0.15) is 0 Å². The maximum absolute atomic E-state index is 11.1. The fourth-order valence-corrected chi connectivity index (χ4v) is 2.76. The maximum Gasteiger partial charge on any atom is 0.509 e. The van der Waals surface area contributed by atoms with Gasteiger partial charge in [-0.15, -0.1) is 0 Å². The molecular formula is C13H15IO3. The highest BCUT2D eigenvalue weighted by Gasteiger charge is 2.46. The lowest BCUT2D eigenvalue weighted by atomic mass is 9.88. The number of benzene rings is 1. The molecular weight excluding hydrogens is 331 g/mol. The Morgan fingerprint density at radius 3 is 2.53 bits per heavy atom. The van der Waals surface area contributed by atoms with Gasteiger partial charge in [0.15, 0.2) is 5.60 Å². The summed E-state index contributed by atoms with van der Waals surface area (Å²) in [6.45, 7) is 4.40. The van der Waals surface area contributed by atoms with Crippen LogP contribution in [0.15, 0.2) is 30.3 Å². The molecule has 1 heterocycles. The molecule has 3 atom stereocenters. The van der Waals surface area contributed by atoms with Crippen molar-refractivity contribution in [3.05, 3.63) is 35.9 Å². The third kappa shape index (κ3) is 2.56. The van der Waals surface area contributed by atoms with E-state index in [1.54, 1.807) is 0 Å². The quantitative estimate of drug-likeness (QED) is 0.477. The molecule has 4 heteroatoms. The van der Waals surface area contributed by atoms with E-state index in [0.717, 1.165) is 0 Å². The van der Waals surface area contributed by atoms with Gasteiger partial charge in [0.25, 0.3) is 0 Å². The molecule has 0 unspecified atom stereocenters. The van der Waals surface area contributed by atoms with E-state index < -0.39 is 11.8 Å². The number of alkyl halides is 1. The summed E-state index contributed by atoms with van der Waals surface area (Å²) in [5.41, 5.74) is 0.712. The molecule has 92 valence electrons. The van der Waals surface area contributed by atoms with Crippen molar-refractivity contribution in [2.24, 2.45) is 0 Å². The minimum Gasteiger partial charge on any atom is -0.430 e. The smallest absolute Gasteiger partial charge is 0.430 e. The van der Waals surface area contributed by atoms with Crippen LogP contribution in [-0.4, -0.2) is 22.3 Å². The number of cyclic esters (lactones) is 2. The van der Waals surface area contributed by atoms with E-state index in [2.05, 4.69) is 41.6 Å². The first kappa shape index (κ1) is 12.7. The molecule has 0 spiro atoms. The van der Waals surface area contributed by atoms with E-state index in [9.17, 15) is 4.79 Å². The van der Waals surface area contributed by atoms with Gasteiger partial charge in [-0.25, -0.2) is 4.79 Å². The number of carbonyl (C=O) groups is 1. The molecule has 0 saturated carbocycles. The third-order valence-electron chi connectivity index (χ3n) is 3.14. The summed E-state index contributed by atoms with van der Waals surface area (Å²) in [4.78, 5) is 11.1. The summed E-state index contributed by atoms with van der Waals surface area (Å²) < 4.78 is 10.4. The van der Waals surface area contributed by atoms with Crippen molar-refractivity contribution in [3.8, 4) is 0 Å². The van der Waals surface area contributed by atoms with Crippen molar-refractivity contribution in [2.45, 2.75) is 29.3 Å². The van der Waals surface area contributed by atoms with Crippen LogP contribution in [0.4, 0.5) is 4.79 Å². The van der Waals surface area contributed by atoms with Crippen LogP contribution >= 0.6 is 22.6 Å². The average molecular weight is 346 g/mol. The van der Waals surface area contributed by atoms with Gasteiger partial charge in [0.1, 0.15) is 6.61 Å². The number of carbonyl (C=O) groups excluding carboxylic acids is 1. The SMILES string of the molecule is C[C@H](c1ccccc1)[C@@H](I)[C@]1(C)COC(=O)O1. The highest BCUT2D eigenvalue weighted by atomic mass is 127. The number of halogens is 1. The Morgan fingerprint density at radius 1 is 1.35 bits per heavy atom. The molecule has 0 radical (unpaired) electrons. The first-order valence-electron chi connectivity index (χ1n) is 5.58. The molecule has 0 aliphatic carbocycles. The van der Waals surface area contributed by atoms with Gasteiger partial charge >= 0.3 is 6.16 Å². The zero-order valence-corrected chi connectivity index (χ0v) is 12.0. The monoisotopic (exact) mass is 346 g/mol. The summed E-state index contributed by atoms with van der Waals surface area (Å²) in [6.07, 6.45) is -0.561. The molecule has 0 bridgehead atoms. The van der Waals surface area contributed by atoms with Gasteiger partial charge in [0.2, 0.25) is 0 Å². The lowest BCUT2D eigenvalue weighted by molar-refractivity contribution is 0.0684. The summed E-state index contributed by atoms with van der Waals surface area (Å²) in [5, 5.41) is 0. The van der Waals surface area contributed by atoms with Gasteiger partial charge < -0.3 is 9.47 Å². The van der Waals surface area contributed by atoms with Crippen LogP contribution in [0.5, 0.6) is 0 Å². The number of hydrogen-bond acceptors (Lipinski definition) is 3. The zero-order chi connectivity index (χ0) is 12.5. The van der Waals surface area contributed by atoms with Crippen LogP contribution in [-0.2, 0) is 9.47 Å². The van der Waals surface area contributed by atoms with Gasteiger partial charge in [0, 0.05) is 0 Å². The second kappa shape index (κ2) is 4.84. The van der Waals surface area contributed by atoms with E-state index in [0.29, 0.717) is 12.5 Å². The Labute approximate surface area is 115 Å². The molecule has 1 fully saturated rings. The standard InChI is InChI=1S/C13H15IO3/c1-9(10-6-4-3-5-7-10)11(14)13(2)8-16-12(15)17-13/h3-7,9,11H,8H2,1-2H3/t9-,11-,13+/m1/s1. The first-order chi connectivity index (χ1) is 8.03. The fraction of sp³-hybridized carbons (Fsp3) is 0.462. The molecule has 0 N–H and O–H groups in total. The van der Waals surface area contributed by atoms with Crippen LogP contribution in [0.25, 0.3) is 0 Å². The predicted octanol–water partition coefficient (Wildman–Crippen LogP) is 3.52. The molecule has 1 saturated heterocycles. The summed E-state index contributed by atoms with van der Waals surface area (Å²) >= 11 is 2.34. The van der Waals surface area contributed by atoms with Crippen LogP contribution in [0.3, 0.4) is 0 Å². The highest BCUT2D eigenvalue weighted by Crippen LogP contribution is 2.37. The molecule has 1 aromatic carbocycles. The van der Waals surface area contributed by atoms with E-state index in [1.807, 2.05) is 25.1 Å². The minimum atomic E-state index is -0.561. The molecule has 0 amide bonds. The Balaban J connectivity index is 2.15. The molecule has 0 aromatic heterocycles. The first-order valence-corrected chi connectivity index (χ1v) is 6.82. The van der Waals surface area contributed by atoms with E-state index >= 15 is 0 Å².